The molecular weight excluding hydrogens is 491 g/mol. The quantitative estimate of drug-likeness (QED) is 0.416. The predicted molar refractivity (Wildman–Crippen MR) is 122 cm³/mol. The molecule has 1 heterocycles. The number of carbonyl (C=O) groups is 2. The first kappa shape index (κ1) is 22.9. The Bertz CT molecular complexity index is 810. The lowest BCUT2D eigenvalue weighted by molar-refractivity contribution is 0.0504. The van der Waals surface area contributed by atoms with Gasteiger partial charge >= 0.3 is 12.1 Å². The third kappa shape index (κ3) is 6.58. The fraction of sp³-hybridized carbons (Fsp3) is 0.500. The zero-order chi connectivity index (χ0) is 20.7. The van der Waals surface area contributed by atoms with E-state index in [-0.39, 0.29) is 17.7 Å². The summed E-state index contributed by atoms with van der Waals surface area (Å²) in [5.41, 5.74) is 1.12. The normalized spacial score (nSPS) is 14.3. The molecule has 0 radical (unpaired) electrons. The number of fused-ring (bicyclic) bond motifs is 1. The highest BCUT2D eigenvalue weighted by atomic mass is 127. The molecule has 1 aromatic carbocycles. The van der Waals surface area contributed by atoms with Crippen molar-refractivity contribution in [3.63, 3.8) is 0 Å². The van der Waals surface area contributed by atoms with Crippen LogP contribution in [0.1, 0.15) is 56.8 Å². The number of carbonyl (C=O) groups excluding carboxylic acids is 2. The molecule has 0 bridgehead atoms. The van der Waals surface area contributed by atoms with Crippen molar-refractivity contribution in [1.82, 2.24) is 9.29 Å². The van der Waals surface area contributed by atoms with E-state index in [1.165, 1.54) is 29.1 Å². The number of nitrogens with one attached hydrogen (secondary N) is 1. The summed E-state index contributed by atoms with van der Waals surface area (Å²) in [6.07, 6.45) is 6.30. The van der Waals surface area contributed by atoms with Crippen molar-refractivity contribution in [3.05, 3.63) is 36.0 Å². The largest absolute Gasteiger partial charge is 0.465 e. The van der Waals surface area contributed by atoms with E-state index >= 15 is 0 Å². The van der Waals surface area contributed by atoms with E-state index in [0.29, 0.717) is 11.6 Å². The summed E-state index contributed by atoms with van der Waals surface area (Å²) in [6, 6.07) is 7.93. The van der Waals surface area contributed by atoms with Gasteiger partial charge in [-0.1, -0.05) is 25.0 Å². The fourth-order valence-electron chi connectivity index (χ4n) is 3.04. The highest BCUT2D eigenvalue weighted by Gasteiger charge is 2.21. The summed E-state index contributed by atoms with van der Waals surface area (Å²) in [7, 11) is 2.92. The number of halogens is 1. The van der Waals surface area contributed by atoms with E-state index in [0.717, 1.165) is 23.7 Å². The second kappa shape index (κ2) is 10.4. The lowest BCUT2D eigenvalue weighted by Crippen LogP contribution is -2.37. The molecule has 1 fully saturated rings. The number of hydrogen-bond donors (Lipinski definition) is 1. The Morgan fingerprint density at radius 2 is 1.89 bits per heavy atom. The number of aromatic nitrogens is 1. The molecule has 1 amide bonds. The number of esters is 1. The van der Waals surface area contributed by atoms with Crippen LogP contribution < -0.4 is 5.32 Å². The zero-order valence-electron chi connectivity index (χ0n) is 16.7. The van der Waals surface area contributed by atoms with Crippen LogP contribution in [0.25, 0.3) is 10.9 Å². The van der Waals surface area contributed by atoms with Crippen LogP contribution in [0.5, 0.6) is 0 Å². The monoisotopic (exact) mass is 518 g/mol. The van der Waals surface area contributed by atoms with E-state index in [4.69, 9.17) is 9.47 Å². The number of nitrogens with zero attached hydrogens (tertiary/aromatic N) is 1. The van der Waals surface area contributed by atoms with Gasteiger partial charge in [0.15, 0.2) is 0 Å². The minimum atomic E-state index is -0.386. The van der Waals surface area contributed by atoms with Gasteiger partial charge in [-0.15, -0.1) is 0 Å². The highest BCUT2D eigenvalue weighted by molar-refractivity contribution is 14.2. The Kier molecular flexibility index (Phi) is 8.48. The van der Waals surface area contributed by atoms with Gasteiger partial charge in [0, 0.05) is 47.9 Å². The molecular formula is C20H27IN2O4S. The first-order chi connectivity index (χ1) is 13.2. The number of hydrogen-bond acceptors (Lipinski definition) is 5. The number of amides is 1. The standard InChI is InChI=1S/C10H8INO2S.C10H19NO2/c1-14-10(13)8-4-2-3-7-5-6-12(15-11)9(7)8;1-10(2,3)13-9(12)11-8-6-4-5-7-8/h2-6H,1H3;8H,4-7H2,1-3H3,(H,11,12). The van der Waals surface area contributed by atoms with E-state index in [2.05, 4.69) is 26.5 Å². The fourth-order valence-corrected chi connectivity index (χ4v) is 4.41. The van der Waals surface area contributed by atoms with Gasteiger partial charge in [0.25, 0.3) is 0 Å². The van der Waals surface area contributed by atoms with Gasteiger partial charge < -0.3 is 14.8 Å². The van der Waals surface area contributed by atoms with Crippen LogP contribution in [-0.2, 0) is 9.47 Å². The molecule has 1 aliphatic rings. The molecule has 1 aliphatic carbocycles. The van der Waals surface area contributed by atoms with Crippen LogP contribution >= 0.6 is 30.3 Å². The lowest BCUT2D eigenvalue weighted by atomic mass is 10.1. The number of alkyl carbamates (subject to hydrolysis) is 1. The first-order valence-electron chi connectivity index (χ1n) is 9.22. The number of methoxy groups -OCH3 is 1. The van der Waals surface area contributed by atoms with Crippen LogP contribution in [0.4, 0.5) is 4.79 Å². The maximum atomic E-state index is 11.5. The zero-order valence-corrected chi connectivity index (χ0v) is 19.6. The SMILES string of the molecule is CC(C)(C)OC(=O)NC1CCCC1.COC(=O)c1cccc2ccn(SI)c12. The summed E-state index contributed by atoms with van der Waals surface area (Å²) < 4.78 is 11.8. The van der Waals surface area contributed by atoms with Crippen molar-refractivity contribution in [3.8, 4) is 0 Å². The molecule has 2 aromatic rings. The minimum absolute atomic E-state index is 0.278. The summed E-state index contributed by atoms with van der Waals surface area (Å²) in [6.45, 7) is 5.63. The van der Waals surface area contributed by atoms with Gasteiger partial charge in [-0.2, -0.15) is 0 Å². The molecule has 0 atom stereocenters. The molecule has 0 spiro atoms. The second-order valence-electron chi connectivity index (χ2n) is 7.57. The predicted octanol–water partition coefficient (Wildman–Crippen LogP) is 5.73. The molecule has 0 saturated heterocycles. The Hall–Kier alpha value is -1.42. The molecule has 3 rings (SSSR count). The average Bonchev–Trinajstić information content (AvgIpc) is 3.28. The maximum Gasteiger partial charge on any atom is 0.407 e. The summed E-state index contributed by atoms with van der Waals surface area (Å²) >= 11 is 2.18. The van der Waals surface area contributed by atoms with Gasteiger partial charge in [-0.3, -0.25) is 3.97 Å². The number of rotatable bonds is 3. The Balaban J connectivity index is 0.000000203. The van der Waals surface area contributed by atoms with Crippen LogP contribution in [0.3, 0.4) is 0 Å². The van der Waals surface area contributed by atoms with E-state index in [9.17, 15) is 9.59 Å². The van der Waals surface area contributed by atoms with Crippen molar-refractivity contribution in [2.24, 2.45) is 0 Å². The molecule has 0 aliphatic heterocycles. The van der Waals surface area contributed by atoms with Gasteiger partial charge in [-0.05, 0) is 45.7 Å². The van der Waals surface area contributed by atoms with Crippen molar-refractivity contribution in [1.29, 1.82) is 0 Å². The number of benzene rings is 1. The van der Waals surface area contributed by atoms with E-state index < -0.39 is 0 Å². The van der Waals surface area contributed by atoms with Crippen molar-refractivity contribution in [2.75, 3.05) is 7.11 Å². The molecule has 1 aromatic heterocycles. The Labute approximate surface area is 182 Å². The first-order valence-corrected chi connectivity index (χ1v) is 12.5. The van der Waals surface area contributed by atoms with Crippen molar-refractivity contribution in [2.45, 2.75) is 58.1 Å². The second-order valence-corrected chi connectivity index (χ2v) is 9.29. The van der Waals surface area contributed by atoms with Gasteiger partial charge in [0.2, 0.25) is 0 Å². The molecule has 1 saturated carbocycles. The lowest BCUT2D eigenvalue weighted by Gasteiger charge is -2.21. The number of ether oxygens (including phenoxy) is 2. The van der Waals surface area contributed by atoms with Crippen LogP contribution in [0, 0.1) is 0 Å². The molecule has 6 nitrogen and oxygen atoms in total. The summed E-state index contributed by atoms with van der Waals surface area (Å²) in [5, 5.41) is 3.92. The van der Waals surface area contributed by atoms with Crippen LogP contribution in [-0.4, -0.2) is 34.8 Å². The number of para-hydroxylation sites is 1. The third-order valence-electron chi connectivity index (χ3n) is 4.23. The van der Waals surface area contributed by atoms with Gasteiger partial charge in [-0.25, -0.2) is 9.59 Å². The van der Waals surface area contributed by atoms with E-state index in [1.54, 1.807) is 6.07 Å². The molecule has 28 heavy (non-hydrogen) atoms. The van der Waals surface area contributed by atoms with Crippen molar-refractivity contribution < 1.29 is 19.1 Å². The topological polar surface area (TPSA) is 69.6 Å². The minimum Gasteiger partial charge on any atom is -0.465 e. The molecule has 1 N–H and O–H groups in total. The average molecular weight is 518 g/mol. The summed E-state index contributed by atoms with van der Waals surface area (Å²) in [5.74, 6) is -0.300. The molecule has 8 heteroatoms. The summed E-state index contributed by atoms with van der Waals surface area (Å²) in [4.78, 5) is 22.8. The van der Waals surface area contributed by atoms with Crippen LogP contribution in [0.15, 0.2) is 30.5 Å². The van der Waals surface area contributed by atoms with Crippen LogP contribution in [0.2, 0.25) is 0 Å². The van der Waals surface area contributed by atoms with Crippen molar-refractivity contribution >= 4 is 53.3 Å². The smallest absolute Gasteiger partial charge is 0.407 e. The molecule has 0 unspecified atom stereocenters. The third-order valence-corrected chi connectivity index (χ3v) is 5.96. The Morgan fingerprint density at radius 1 is 1.21 bits per heavy atom. The highest BCUT2D eigenvalue weighted by Crippen LogP contribution is 2.27. The van der Waals surface area contributed by atoms with Gasteiger partial charge in [0.05, 0.1) is 18.2 Å². The van der Waals surface area contributed by atoms with Gasteiger partial charge in [0.1, 0.15) is 5.60 Å². The molecule has 154 valence electrons. The van der Waals surface area contributed by atoms with E-state index in [1.807, 2.05) is 49.1 Å². The maximum absolute atomic E-state index is 11.5. The Morgan fingerprint density at radius 3 is 2.46 bits per heavy atom.